The standard InChI is InChI=1S/C19H27F3N6/c1-4-23-18(24-10-11-26(2)15-19(20,21)22)27(3)13-16-12-25-28(14-16)17-8-6-5-7-9-17/h5-9,12,14H,4,10-11,13,15H2,1-3H3,(H,23,24). The summed E-state index contributed by atoms with van der Waals surface area (Å²) in [7, 11) is 3.33. The lowest BCUT2D eigenvalue weighted by Gasteiger charge is -2.22. The van der Waals surface area contributed by atoms with E-state index in [9.17, 15) is 13.2 Å². The molecule has 0 unspecified atom stereocenters. The second-order valence-electron chi connectivity index (χ2n) is 6.57. The van der Waals surface area contributed by atoms with Crippen LogP contribution in [0.25, 0.3) is 5.69 Å². The zero-order valence-electron chi connectivity index (χ0n) is 16.4. The Bertz CT molecular complexity index is 742. The number of rotatable bonds is 8. The Balaban J connectivity index is 1.95. The van der Waals surface area contributed by atoms with Crippen LogP contribution in [0.4, 0.5) is 13.2 Å². The molecule has 1 N–H and O–H groups in total. The fourth-order valence-corrected chi connectivity index (χ4v) is 2.69. The third kappa shape index (κ3) is 7.22. The molecule has 0 saturated carbocycles. The summed E-state index contributed by atoms with van der Waals surface area (Å²) >= 11 is 0. The Morgan fingerprint density at radius 3 is 2.57 bits per heavy atom. The minimum atomic E-state index is -4.20. The molecule has 1 heterocycles. The molecular formula is C19H27F3N6. The second-order valence-corrected chi connectivity index (χ2v) is 6.57. The molecule has 1 aromatic heterocycles. The van der Waals surface area contributed by atoms with Crippen LogP contribution in [-0.4, -0.2) is 72.0 Å². The quantitative estimate of drug-likeness (QED) is 0.551. The van der Waals surface area contributed by atoms with E-state index in [1.807, 2.05) is 55.4 Å². The van der Waals surface area contributed by atoms with E-state index in [1.165, 1.54) is 11.9 Å². The van der Waals surface area contributed by atoms with Crippen molar-refractivity contribution in [1.29, 1.82) is 0 Å². The van der Waals surface area contributed by atoms with Gasteiger partial charge in [0.25, 0.3) is 0 Å². The van der Waals surface area contributed by atoms with Gasteiger partial charge >= 0.3 is 6.18 Å². The molecule has 1 aromatic carbocycles. The predicted octanol–water partition coefficient (Wildman–Crippen LogP) is 2.76. The van der Waals surface area contributed by atoms with Crippen molar-refractivity contribution in [3.05, 3.63) is 48.3 Å². The molecule has 0 radical (unpaired) electrons. The monoisotopic (exact) mass is 396 g/mol. The summed E-state index contributed by atoms with van der Waals surface area (Å²) in [4.78, 5) is 7.59. The van der Waals surface area contributed by atoms with Gasteiger partial charge in [0.2, 0.25) is 0 Å². The second kappa shape index (κ2) is 10.1. The number of likely N-dealkylation sites (N-methyl/N-ethyl adjacent to an activating group) is 1. The molecule has 154 valence electrons. The zero-order valence-corrected chi connectivity index (χ0v) is 16.4. The Morgan fingerprint density at radius 1 is 1.21 bits per heavy atom. The Labute approximate surface area is 163 Å². The SMILES string of the molecule is CCNC(=NCCN(C)CC(F)(F)F)N(C)Cc1cnn(-c2ccccc2)c1. The first-order chi connectivity index (χ1) is 13.3. The molecule has 0 amide bonds. The van der Waals surface area contributed by atoms with Crippen molar-refractivity contribution in [3.63, 3.8) is 0 Å². The fraction of sp³-hybridized carbons (Fsp3) is 0.474. The van der Waals surface area contributed by atoms with Gasteiger partial charge in [-0.25, -0.2) is 4.68 Å². The van der Waals surface area contributed by atoms with Crippen LogP contribution in [0.15, 0.2) is 47.7 Å². The van der Waals surface area contributed by atoms with Gasteiger partial charge in [0.05, 0.1) is 25.0 Å². The van der Waals surface area contributed by atoms with Crippen LogP contribution < -0.4 is 5.32 Å². The highest BCUT2D eigenvalue weighted by atomic mass is 19.4. The third-order valence-corrected chi connectivity index (χ3v) is 3.97. The molecule has 0 bridgehead atoms. The van der Waals surface area contributed by atoms with Gasteiger partial charge in [-0.15, -0.1) is 0 Å². The maximum absolute atomic E-state index is 12.4. The van der Waals surface area contributed by atoms with Gasteiger partial charge in [0.15, 0.2) is 5.96 Å². The van der Waals surface area contributed by atoms with Gasteiger partial charge in [-0.1, -0.05) is 18.2 Å². The van der Waals surface area contributed by atoms with Gasteiger partial charge < -0.3 is 10.2 Å². The fourth-order valence-electron chi connectivity index (χ4n) is 2.69. The summed E-state index contributed by atoms with van der Waals surface area (Å²) in [6.45, 7) is 2.78. The summed E-state index contributed by atoms with van der Waals surface area (Å²) in [5.74, 6) is 0.648. The number of aromatic nitrogens is 2. The summed E-state index contributed by atoms with van der Waals surface area (Å²) in [6.07, 6.45) is -0.449. The van der Waals surface area contributed by atoms with Gasteiger partial charge in [-0.05, 0) is 26.1 Å². The molecule has 2 rings (SSSR count). The highest BCUT2D eigenvalue weighted by Crippen LogP contribution is 2.15. The lowest BCUT2D eigenvalue weighted by molar-refractivity contribution is -0.142. The average molecular weight is 396 g/mol. The van der Waals surface area contributed by atoms with Crippen molar-refractivity contribution in [1.82, 2.24) is 24.9 Å². The number of halogens is 3. The van der Waals surface area contributed by atoms with E-state index < -0.39 is 12.7 Å². The van der Waals surface area contributed by atoms with Crippen LogP contribution in [0.1, 0.15) is 12.5 Å². The summed E-state index contributed by atoms with van der Waals surface area (Å²) < 4.78 is 39.0. The number of alkyl halides is 3. The van der Waals surface area contributed by atoms with Gasteiger partial charge in [-0.2, -0.15) is 18.3 Å². The molecule has 0 atom stereocenters. The number of hydrogen-bond donors (Lipinski definition) is 1. The number of nitrogens with one attached hydrogen (secondary N) is 1. The molecule has 0 aliphatic rings. The number of para-hydroxylation sites is 1. The van der Waals surface area contributed by atoms with Crippen LogP contribution in [0, 0.1) is 0 Å². The highest BCUT2D eigenvalue weighted by Gasteiger charge is 2.28. The van der Waals surface area contributed by atoms with Gasteiger partial charge in [-0.3, -0.25) is 9.89 Å². The molecular weight excluding hydrogens is 369 g/mol. The minimum absolute atomic E-state index is 0.230. The molecule has 0 aliphatic heterocycles. The van der Waals surface area contributed by atoms with Crippen LogP contribution in [0.5, 0.6) is 0 Å². The molecule has 0 saturated heterocycles. The number of nitrogens with zero attached hydrogens (tertiary/aromatic N) is 5. The van der Waals surface area contributed by atoms with E-state index in [-0.39, 0.29) is 13.1 Å². The van der Waals surface area contributed by atoms with E-state index in [4.69, 9.17) is 0 Å². The van der Waals surface area contributed by atoms with Crippen LogP contribution in [0.3, 0.4) is 0 Å². The number of guanidine groups is 1. The molecule has 0 aliphatic carbocycles. The average Bonchev–Trinajstić information content (AvgIpc) is 3.08. The van der Waals surface area contributed by atoms with Crippen molar-refractivity contribution in [2.45, 2.75) is 19.6 Å². The van der Waals surface area contributed by atoms with Crippen LogP contribution in [-0.2, 0) is 6.54 Å². The normalized spacial score (nSPS) is 12.5. The third-order valence-electron chi connectivity index (χ3n) is 3.97. The molecule has 2 aromatic rings. The summed E-state index contributed by atoms with van der Waals surface area (Å²) in [6, 6.07) is 9.81. The molecule has 28 heavy (non-hydrogen) atoms. The van der Waals surface area contributed by atoms with Gasteiger partial charge in [0, 0.05) is 38.4 Å². The largest absolute Gasteiger partial charge is 0.401 e. The summed E-state index contributed by atoms with van der Waals surface area (Å²) in [5, 5.41) is 7.55. The highest BCUT2D eigenvalue weighted by molar-refractivity contribution is 5.79. The van der Waals surface area contributed by atoms with Crippen molar-refractivity contribution in [3.8, 4) is 5.69 Å². The van der Waals surface area contributed by atoms with E-state index in [2.05, 4.69) is 15.4 Å². The molecule has 9 heteroatoms. The smallest absolute Gasteiger partial charge is 0.357 e. The first kappa shape index (κ1) is 21.7. The topological polar surface area (TPSA) is 48.7 Å². The van der Waals surface area contributed by atoms with E-state index >= 15 is 0 Å². The van der Waals surface area contributed by atoms with Crippen molar-refractivity contribution in [2.75, 3.05) is 40.3 Å². The minimum Gasteiger partial charge on any atom is -0.357 e. The van der Waals surface area contributed by atoms with Crippen molar-refractivity contribution < 1.29 is 13.2 Å². The molecule has 0 fully saturated rings. The van der Waals surface area contributed by atoms with Crippen LogP contribution in [0.2, 0.25) is 0 Å². The van der Waals surface area contributed by atoms with E-state index in [1.54, 1.807) is 10.9 Å². The number of hydrogen-bond acceptors (Lipinski definition) is 3. The maximum atomic E-state index is 12.4. The number of benzene rings is 1. The van der Waals surface area contributed by atoms with Crippen molar-refractivity contribution >= 4 is 5.96 Å². The zero-order chi connectivity index (χ0) is 20.6. The first-order valence-corrected chi connectivity index (χ1v) is 9.12. The van der Waals surface area contributed by atoms with Crippen LogP contribution >= 0.6 is 0 Å². The predicted molar refractivity (Wildman–Crippen MR) is 105 cm³/mol. The summed E-state index contributed by atoms with van der Waals surface area (Å²) in [5.41, 5.74) is 1.98. The molecule has 6 nitrogen and oxygen atoms in total. The Kier molecular flexibility index (Phi) is 7.86. The lowest BCUT2D eigenvalue weighted by atomic mass is 10.3. The first-order valence-electron chi connectivity index (χ1n) is 9.12. The maximum Gasteiger partial charge on any atom is 0.401 e. The van der Waals surface area contributed by atoms with E-state index in [0.717, 1.165) is 11.3 Å². The molecule has 0 spiro atoms. The lowest BCUT2D eigenvalue weighted by Crippen LogP contribution is -2.39. The van der Waals surface area contributed by atoms with E-state index in [0.29, 0.717) is 19.0 Å². The number of aliphatic imine (C=N–C) groups is 1. The van der Waals surface area contributed by atoms with Crippen molar-refractivity contribution in [2.24, 2.45) is 4.99 Å². The Hall–Kier alpha value is -2.55. The van der Waals surface area contributed by atoms with Gasteiger partial charge in [0.1, 0.15) is 0 Å². The Morgan fingerprint density at radius 2 is 1.93 bits per heavy atom.